The smallest absolute Gasteiger partial charge is 0.271 e. The van der Waals surface area contributed by atoms with Gasteiger partial charge >= 0.3 is 0 Å². The molecule has 1 unspecified atom stereocenters. The van der Waals surface area contributed by atoms with Crippen molar-refractivity contribution in [1.82, 2.24) is 20.4 Å². The van der Waals surface area contributed by atoms with Crippen molar-refractivity contribution in [3.63, 3.8) is 0 Å². The maximum atomic E-state index is 12.6. The molecular formula is C17H20N4O3. The van der Waals surface area contributed by atoms with Crippen molar-refractivity contribution < 1.29 is 14.3 Å². The first kappa shape index (κ1) is 16.2. The van der Waals surface area contributed by atoms with Crippen molar-refractivity contribution in [2.45, 2.75) is 19.0 Å². The van der Waals surface area contributed by atoms with Crippen molar-refractivity contribution >= 4 is 11.8 Å². The van der Waals surface area contributed by atoms with Gasteiger partial charge in [-0.3, -0.25) is 14.3 Å². The Morgan fingerprint density at radius 2 is 1.96 bits per heavy atom. The largest absolute Gasteiger partial charge is 0.377 e. The molecule has 1 aromatic heterocycles. The number of hydrogen-bond acceptors (Lipinski definition) is 4. The van der Waals surface area contributed by atoms with E-state index in [4.69, 9.17) is 4.74 Å². The minimum absolute atomic E-state index is 0.0105. The number of nitrogens with one attached hydrogen (secondary N) is 2. The van der Waals surface area contributed by atoms with Crippen LogP contribution in [0, 0.1) is 0 Å². The Balaban J connectivity index is 1.94. The lowest BCUT2D eigenvalue weighted by molar-refractivity contribution is -0.00365. The van der Waals surface area contributed by atoms with Crippen LogP contribution < -0.4 is 10.6 Å². The topological polar surface area (TPSA) is 85.3 Å². The highest BCUT2D eigenvalue weighted by molar-refractivity contribution is 5.98. The molecule has 3 rings (SSSR count). The molecule has 7 nitrogen and oxygen atoms in total. The number of aromatic nitrogens is 2. The summed E-state index contributed by atoms with van der Waals surface area (Å²) in [6.07, 6.45) is 0. The lowest BCUT2D eigenvalue weighted by atomic mass is 10.1. The lowest BCUT2D eigenvalue weighted by Crippen LogP contribution is -2.49. The molecule has 0 spiro atoms. The standard InChI is InChI=1S/C17H20N4O3/c1-11(12-6-4-3-5-7-12)21-15(8-14(20-21)16(22)18-2)17(23)19-13-9-24-10-13/h3-8,11,13H,9-10H2,1-2H3,(H,18,22)(H,19,23). The summed E-state index contributed by atoms with van der Waals surface area (Å²) >= 11 is 0. The van der Waals surface area contributed by atoms with E-state index in [0.717, 1.165) is 5.56 Å². The second-order valence-electron chi connectivity index (χ2n) is 5.73. The number of amides is 2. The molecule has 2 amide bonds. The van der Waals surface area contributed by atoms with Gasteiger partial charge in [0.2, 0.25) is 0 Å². The number of carbonyl (C=O) groups is 2. The van der Waals surface area contributed by atoms with Gasteiger partial charge in [0, 0.05) is 13.1 Å². The number of ether oxygens (including phenoxy) is 1. The van der Waals surface area contributed by atoms with Crippen molar-refractivity contribution in [3.05, 3.63) is 53.3 Å². The molecule has 1 aromatic carbocycles. The SMILES string of the molecule is CNC(=O)c1cc(C(=O)NC2COC2)n(C(C)c2ccccc2)n1. The van der Waals surface area contributed by atoms with Gasteiger partial charge in [-0.1, -0.05) is 30.3 Å². The summed E-state index contributed by atoms with van der Waals surface area (Å²) in [5.41, 5.74) is 1.58. The van der Waals surface area contributed by atoms with Gasteiger partial charge in [0.05, 0.1) is 25.3 Å². The van der Waals surface area contributed by atoms with Crippen LogP contribution >= 0.6 is 0 Å². The predicted octanol–water partition coefficient (Wildman–Crippen LogP) is 0.981. The van der Waals surface area contributed by atoms with Crippen LogP contribution in [0.1, 0.15) is 39.5 Å². The van der Waals surface area contributed by atoms with E-state index < -0.39 is 0 Å². The van der Waals surface area contributed by atoms with E-state index in [2.05, 4.69) is 15.7 Å². The highest BCUT2D eigenvalue weighted by atomic mass is 16.5. The zero-order valence-corrected chi connectivity index (χ0v) is 13.7. The maximum absolute atomic E-state index is 12.6. The fourth-order valence-electron chi connectivity index (χ4n) is 2.55. The molecule has 2 heterocycles. The minimum Gasteiger partial charge on any atom is -0.377 e. The molecule has 0 aliphatic carbocycles. The first-order chi connectivity index (χ1) is 11.6. The van der Waals surface area contributed by atoms with Gasteiger partial charge < -0.3 is 15.4 Å². The second kappa shape index (κ2) is 6.84. The van der Waals surface area contributed by atoms with Gasteiger partial charge in [0.15, 0.2) is 5.69 Å². The summed E-state index contributed by atoms with van der Waals surface area (Å²) in [6.45, 7) is 2.96. The fraction of sp³-hybridized carbons (Fsp3) is 0.353. The van der Waals surface area contributed by atoms with Gasteiger partial charge in [-0.2, -0.15) is 5.10 Å². The van der Waals surface area contributed by atoms with Gasteiger partial charge in [0.1, 0.15) is 5.69 Å². The molecule has 0 bridgehead atoms. The summed E-state index contributed by atoms with van der Waals surface area (Å²) < 4.78 is 6.67. The average Bonchev–Trinajstić information content (AvgIpc) is 3.02. The van der Waals surface area contributed by atoms with Crippen molar-refractivity contribution in [3.8, 4) is 0 Å². The number of nitrogens with zero attached hydrogens (tertiary/aromatic N) is 2. The third kappa shape index (κ3) is 3.16. The Labute approximate surface area is 140 Å². The van der Waals surface area contributed by atoms with E-state index in [1.165, 1.54) is 13.1 Å². The van der Waals surface area contributed by atoms with E-state index in [1.54, 1.807) is 4.68 Å². The quantitative estimate of drug-likeness (QED) is 0.857. The number of carbonyl (C=O) groups excluding carboxylic acids is 2. The maximum Gasteiger partial charge on any atom is 0.271 e. The normalized spacial score (nSPS) is 15.4. The highest BCUT2D eigenvalue weighted by Crippen LogP contribution is 2.20. The molecule has 126 valence electrons. The van der Waals surface area contributed by atoms with Gasteiger partial charge in [0.25, 0.3) is 11.8 Å². The van der Waals surface area contributed by atoms with E-state index in [1.807, 2.05) is 37.3 Å². The second-order valence-corrected chi connectivity index (χ2v) is 5.73. The van der Waals surface area contributed by atoms with Gasteiger partial charge in [-0.25, -0.2) is 0 Å². The number of benzene rings is 1. The van der Waals surface area contributed by atoms with Crippen LogP contribution in [-0.2, 0) is 4.74 Å². The number of hydrogen-bond donors (Lipinski definition) is 2. The first-order valence-electron chi connectivity index (χ1n) is 7.85. The molecule has 0 saturated carbocycles. The third-order valence-electron chi connectivity index (χ3n) is 4.05. The van der Waals surface area contributed by atoms with Gasteiger partial charge in [-0.05, 0) is 12.5 Å². The van der Waals surface area contributed by atoms with Crippen LogP contribution in [0.2, 0.25) is 0 Å². The van der Waals surface area contributed by atoms with Crippen molar-refractivity contribution in [2.24, 2.45) is 0 Å². The third-order valence-corrected chi connectivity index (χ3v) is 4.05. The van der Waals surface area contributed by atoms with Crippen LogP contribution in [0.5, 0.6) is 0 Å². The van der Waals surface area contributed by atoms with Crippen LogP contribution in [0.3, 0.4) is 0 Å². The lowest BCUT2D eigenvalue weighted by Gasteiger charge is -2.27. The molecule has 0 radical (unpaired) electrons. The minimum atomic E-state index is -0.324. The Morgan fingerprint density at radius 3 is 2.54 bits per heavy atom. The Morgan fingerprint density at radius 1 is 1.25 bits per heavy atom. The van der Waals surface area contributed by atoms with E-state index in [-0.39, 0.29) is 29.6 Å². The van der Waals surface area contributed by atoms with E-state index in [9.17, 15) is 9.59 Å². The average molecular weight is 328 g/mol. The van der Waals surface area contributed by atoms with Crippen molar-refractivity contribution in [1.29, 1.82) is 0 Å². The fourth-order valence-corrected chi connectivity index (χ4v) is 2.55. The van der Waals surface area contributed by atoms with Crippen LogP contribution in [0.4, 0.5) is 0 Å². The molecule has 24 heavy (non-hydrogen) atoms. The molecule has 1 fully saturated rings. The summed E-state index contributed by atoms with van der Waals surface area (Å²) in [5, 5.41) is 9.77. The molecule has 1 saturated heterocycles. The summed E-state index contributed by atoms with van der Waals surface area (Å²) in [5.74, 6) is -0.580. The van der Waals surface area contributed by atoms with Gasteiger partial charge in [-0.15, -0.1) is 0 Å². The van der Waals surface area contributed by atoms with Crippen LogP contribution in [-0.4, -0.2) is 47.9 Å². The summed E-state index contributed by atoms with van der Waals surface area (Å²) in [6, 6.07) is 11.1. The molecule has 7 heteroatoms. The molecular weight excluding hydrogens is 308 g/mol. The first-order valence-corrected chi connectivity index (χ1v) is 7.85. The molecule has 2 aromatic rings. The highest BCUT2D eigenvalue weighted by Gasteiger charge is 2.26. The monoisotopic (exact) mass is 328 g/mol. The summed E-state index contributed by atoms with van der Waals surface area (Å²) in [4.78, 5) is 24.5. The Bertz CT molecular complexity index is 738. The molecule has 1 aliphatic heterocycles. The zero-order valence-electron chi connectivity index (χ0n) is 13.7. The molecule has 1 atom stereocenters. The summed E-state index contributed by atoms with van der Waals surface area (Å²) in [7, 11) is 1.54. The Hall–Kier alpha value is -2.67. The Kier molecular flexibility index (Phi) is 4.61. The van der Waals surface area contributed by atoms with E-state index >= 15 is 0 Å². The molecule has 1 aliphatic rings. The number of rotatable bonds is 5. The predicted molar refractivity (Wildman–Crippen MR) is 87.9 cm³/mol. The zero-order chi connectivity index (χ0) is 17.1. The van der Waals surface area contributed by atoms with Crippen LogP contribution in [0.15, 0.2) is 36.4 Å². The van der Waals surface area contributed by atoms with Crippen LogP contribution in [0.25, 0.3) is 0 Å². The van der Waals surface area contributed by atoms with E-state index in [0.29, 0.717) is 18.9 Å². The molecule has 2 N–H and O–H groups in total. The van der Waals surface area contributed by atoms with Crippen molar-refractivity contribution in [2.75, 3.05) is 20.3 Å².